The summed E-state index contributed by atoms with van der Waals surface area (Å²) in [5.74, 6) is 0.834. The molecule has 0 radical (unpaired) electrons. The van der Waals surface area contributed by atoms with Crippen LogP contribution in [0.15, 0.2) is 35.9 Å². The maximum Gasteiger partial charge on any atom is 0.121 e. The predicted molar refractivity (Wildman–Crippen MR) is 66.9 cm³/mol. The van der Waals surface area contributed by atoms with Crippen LogP contribution in [0.3, 0.4) is 0 Å². The van der Waals surface area contributed by atoms with Gasteiger partial charge < -0.3 is 15.2 Å². The zero-order chi connectivity index (χ0) is 11.8. The minimum absolute atomic E-state index is 0.0841. The van der Waals surface area contributed by atoms with E-state index in [1.807, 2.05) is 37.3 Å². The van der Waals surface area contributed by atoms with Crippen molar-refractivity contribution in [1.29, 1.82) is 0 Å². The van der Waals surface area contributed by atoms with E-state index in [9.17, 15) is 0 Å². The second-order valence-electron chi connectivity index (χ2n) is 3.58. The average molecular weight is 221 g/mol. The average Bonchev–Trinajstić information content (AvgIpc) is 2.30. The van der Waals surface area contributed by atoms with E-state index in [0.29, 0.717) is 6.61 Å². The second-order valence-corrected chi connectivity index (χ2v) is 3.58. The van der Waals surface area contributed by atoms with Crippen molar-refractivity contribution >= 4 is 5.69 Å². The van der Waals surface area contributed by atoms with E-state index in [-0.39, 0.29) is 6.61 Å². The highest BCUT2D eigenvalue weighted by Crippen LogP contribution is 2.17. The zero-order valence-corrected chi connectivity index (χ0v) is 9.86. The topological polar surface area (TPSA) is 41.5 Å². The van der Waals surface area contributed by atoms with Crippen LogP contribution < -0.4 is 10.1 Å². The first-order chi connectivity index (χ1) is 7.76. The van der Waals surface area contributed by atoms with Crippen molar-refractivity contribution in [2.75, 3.05) is 25.1 Å². The first kappa shape index (κ1) is 12.6. The summed E-state index contributed by atoms with van der Waals surface area (Å²) in [6.45, 7) is 5.40. The van der Waals surface area contributed by atoms with E-state index >= 15 is 0 Å². The molecule has 0 aliphatic heterocycles. The van der Waals surface area contributed by atoms with Crippen LogP contribution in [0.2, 0.25) is 0 Å². The minimum atomic E-state index is 0.0841. The lowest BCUT2D eigenvalue weighted by Gasteiger charge is -2.07. The third-order valence-corrected chi connectivity index (χ3v) is 2.15. The van der Waals surface area contributed by atoms with Crippen LogP contribution in [0.1, 0.15) is 13.8 Å². The van der Waals surface area contributed by atoms with Gasteiger partial charge in [0.05, 0.1) is 6.61 Å². The molecule has 0 spiro atoms. The third kappa shape index (κ3) is 4.36. The Kier molecular flexibility index (Phi) is 5.43. The van der Waals surface area contributed by atoms with E-state index in [1.165, 1.54) is 0 Å². The summed E-state index contributed by atoms with van der Waals surface area (Å²) in [4.78, 5) is 0. The number of ether oxygens (including phenoxy) is 1. The molecule has 0 saturated heterocycles. The largest absolute Gasteiger partial charge is 0.489 e. The first-order valence-corrected chi connectivity index (χ1v) is 5.49. The van der Waals surface area contributed by atoms with Gasteiger partial charge in [-0.2, -0.15) is 0 Å². The van der Waals surface area contributed by atoms with Crippen molar-refractivity contribution in [3.05, 3.63) is 35.9 Å². The van der Waals surface area contributed by atoms with Gasteiger partial charge >= 0.3 is 0 Å². The van der Waals surface area contributed by atoms with Crippen molar-refractivity contribution < 1.29 is 9.84 Å². The standard InChI is InChI=1S/C13H19NO2/c1-3-14-12-5-4-6-13(9-12)16-8-7-11(2)10-15/h4-7,9,14-15H,3,8,10H2,1-2H3. The van der Waals surface area contributed by atoms with Crippen molar-refractivity contribution in [2.45, 2.75) is 13.8 Å². The lowest BCUT2D eigenvalue weighted by atomic mass is 10.3. The molecule has 0 saturated carbocycles. The Morgan fingerprint density at radius 3 is 3.00 bits per heavy atom. The number of hydrogen-bond donors (Lipinski definition) is 2. The summed E-state index contributed by atoms with van der Waals surface area (Å²) in [7, 11) is 0. The quantitative estimate of drug-likeness (QED) is 0.725. The van der Waals surface area contributed by atoms with Crippen LogP contribution in [0, 0.1) is 0 Å². The van der Waals surface area contributed by atoms with Crippen LogP contribution in [0.25, 0.3) is 0 Å². The molecule has 88 valence electrons. The molecular formula is C13H19NO2. The van der Waals surface area contributed by atoms with Gasteiger partial charge in [-0.3, -0.25) is 0 Å². The molecule has 2 N–H and O–H groups in total. The van der Waals surface area contributed by atoms with Crippen molar-refractivity contribution in [3.8, 4) is 5.75 Å². The highest BCUT2D eigenvalue weighted by atomic mass is 16.5. The first-order valence-electron chi connectivity index (χ1n) is 5.49. The number of aliphatic hydroxyl groups is 1. The summed E-state index contributed by atoms with van der Waals surface area (Å²) in [6, 6.07) is 7.84. The van der Waals surface area contributed by atoms with Crippen LogP contribution in [0.5, 0.6) is 5.75 Å². The van der Waals surface area contributed by atoms with E-state index in [0.717, 1.165) is 23.6 Å². The molecule has 0 bridgehead atoms. The number of rotatable bonds is 6. The summed E-state index contributed by atoms with van der Waals surface area (Å²) in [6.07, 6.45) is 1.87. The Labute approximate surface area is 96.8 Å². The number of hydrogen-bond acceptors (Lipinski definition) is 3. The van der Waals surface area contributed by atoms with Gasteiger partial charge in [-0.05, 0) is 37.6 Å². The molecule has 1 rings (SSSR count). The fourth-order valence-corrected chi connectivity index (χ4v) is 1.24. The van der Waals surface area contributed by atoms with Gasteiger partial charge in [0.2, 0.25) is 0 Å². The molecule has 0 unspecified atom stereocenters. The molecule has 1 aromatic carbocycles. The van der Waals surface area contributed by atoms with Crippen LogP contribution >= 0.6 is 0 Å². The van der Waals surface area contributed by atoms with Crippen LogP contribution in [-0.2, 0) is 0 Å². The fourth-order valence-electron chi connectivity index (χ4n) is 1.24. The smallest absolute Gasteiger partial charge is 0.121 e. The Morgan fingerprint density at radius 1 is 1.50 bits per heavy atom. The van der Waals surface area contributed by atoms with E-state index < -0.39 is 0 Å². The summed E-state index contributed by atoms with van der Waals surface area (Å²) in [5.41, 5.74) is 1.98. The number of anilines is 1. The molecule has 3 heteroatoms. The molecule has 0 fully saturated rings. The predicted octanol–water partition coefficient (Wildman–Crippen LogP) is 2.44. The lowest BCUT2D eigenvalue weighted by Crippen LogP contribution is -1.99. The Hall–Kier alpha value is -1.48. The number of aliphatic hydroxyl groups excluding tert-OH is 1. The Morgan fingerprint density at radius 2 is 2.31 bits per heavy atom. The monoisotopic (exact) mass is 221 g/mol. The molecule has 0 aromatic heterocycles. The molecule has 16 heavy (non-hydrogen) atoms. The van der Waals surface area contributed by atoms with E-state index in [1.54, 1.807) is 0 Å². The second kappa shape index (κ2) is 6.90. The Bertz CT molecular complexity index is 348. The highest BCUT2D eigenvalue weighted by molar-refractivity contribution is 5.47. The highest BCUT2D eigenvalue weighted by Gasteiger charge is 1.94. The molecular weight excluding hydrogens is 202 g/mol. The maximum absolute atomic E-state index is 8.81. The van der Waals surface area contributed by atoms with Gasteiger partial charge in [-0.15, -0.1) is 0 Å². The van der Waals surface area contributed by atoms with Gasteiger partial charge in [0.15, 0.2) is 0 Å². The third-order valence-electron chi connectivity index (χ3n) is 2.15. The Balaban J connectivity index is 2.50. The summed E-state index contributed by atoms with van der Waals surface area (Å²) in [5, 5.41) is 12.0. The SMILES string of the molecule is CCNc1cccc(OCC=C(C)CO)c1. The van der Waals surface area contributed by atoms with E-state index in [4.69, 9.17) is 9.84 Å². The summed E-state index contributed by atoms with van der Waals surface area (Å²) < 4.78 is 5.54. The minimum Gasteiger partial charge on any atom is -0.489 e. The normalized spacial score (nSPS) is 11.3. The van der Waals surface area contributed by atoms with Crippen molar-refractivity contribution in [3.63, 3.8) is 0 Å². The number of benzene rings is 1. The van der Waals surface area contributed by atoms with Gasteiger partial charge in [-0.25, -0.2) is 0 Å². The molecule has 0 heterocycles. The zero-order valence-electron chi connectivity index (χ0n) is 9.86. The molecule has 1 aromatic rings. The lowest BCUT2D eigenvalue weighted by molar-refractivity contribution is 0.325. The molecule has 0 aliphatic carbocycles. The van der Waals surface area contributed by atoms with Crippen molar-refractivity contribution in [2.24, 2.45) is 0 Å². The summed E-state index contributed by atoms with van der Waals surface area (Å²) >= 11 is 0. The van der Waals surface area contributed by atoms with E-state index in [2.05, 4.69) is 12.2 Å². The van der Waals surface area contributed by atoms with Crippen LogP contribution in [0.4, 0.5) is 5.69 Å². The van der Waals surface area contributed by atoms with Gasteiger partial charge in [0.25, 0.3) is 0 Å². The van der Waals surface area contributed by atoms with Gasteiger partial charge in [-0.1, -0.05) is 6.07 Å². The van der Waals surface area contributed by atoms with Gasteiger partial charge in [0, 0.05) is 18.3 Å². The maximum atomic E-state index is 8.81. The van der Waals surface area contributed by atoms with Crippen molar-refractivity contribution in [1.82, 2.24) is 0 Å². The molecule has 0 amide bonds. The molecule has 0 atom stereocenters. The van der Waals surface area contributed by atoms with Crippen LogP contribution in [-0.4, -0.2) is 24.9 Å². The van der Waals surface area contributed by atoms with Gasteiger partial charge in [0.1, 0.15) is 12.4 Å². The fraction of sp³-hybridized carbons (Fsp3) is 0.385. The molecule has 3 nitrogen and oxygen atoms in total. The number of nitrogens with one attached hydrogen (secondary N) is 1. The molecule has 0 aliphatic rings.